The Morgan fingerprint density at radius 1 is 1.41 bits per heavy atom. The summed E-state index contributed by atoms with van der Waals surface area (Å²) < 4.78 is 30.9. The van der Waals surface area contributed by atoms with Crippen LogP contribution in [0.5, 0.6) is 5.75 Å². The number of benzene rings is 1. The summed E-state index contributed by atoms with van der Waals surface area (Å²) in [5.74, 6) is -0.517. The van der Waals surface area contributed by atoms with Gasteiger partial charge in [0, 0.05) is 31.9 Å². The quantitative estimate of drug-likeness (QED) is 0.853. The zero-order valence-corrected chi connectivity index (χ0v) is 12.6. The van der Waals surface area contributed by atoms with Crippen LogP contribution in [0.4, 0.5) is 8.78 Å². The normalized spacial score (nSPS) is 10.8. The highest BCUT2D eigenvalue weighted by Gasteiger charge is 2.19. The molecule has 1 aromatic carbocycles. The van der Waals surface area contributed by atoms with Crippen molar-refractivity contribution >= 4 is 5.91 Å². The van der Waals surface area contributed by atoms with Crippen molar-refractivity contribution < 1.29 is 18.3 Å². The Kier molecular flexibility index (Phi) is 4.75. The number of amides is 1. The summed E-state index contributed by atoms with van der Waals surface area (Å²) in [5.41, 5.74) is 1.94. The number of ether oxygens (including phenoxy) is 1. The summed E-state index contributed by atoms with van der Waals surface area (Å²) in [7, 11) is 3.42. The SMILES string of the molecule is Cc1c(CN(C)C(=O)c2ccccc2OC(F)F)cnn1C. The predicted molar refractivity (Wildman–Crippen MR) is 76.8 cm³/mol. The zero-order valence-electron chi connectivity index (χ0n) is 12.6. The number of hydrogen-bond acceptors (Lipinski definition) is 3. The van der Waals surface area contributed by atoms with Crippen LogP contribution in [0.15, 0.2) is 30.5 Å². The van der Waals surface area contributed by atoms with Crippen LogP contribution in [0.1, 0.15) is 21.6 Å². The first-order valence-corrected chi connectivity index (χ1v) is 6.67. The molecule has 2 rings (SSSR count). The minimum absolute atomic E-state index is 0.104. The van der Waals surface area contributed by atoms with Gasteiger partial charge in [0.25, 0.3) is 5.91 Å². The van der Waals surface area contributed by atoms with E-state index >= 15 is 0 Å². The van der Waals surface area contributed by atoms with Gasteiger partial charge in [0.1, 0.15) is 5.75 Å². The molecule has 0 saturated heterocycles. The predicted octanol–water partition coefficient (Wildman–Crippen LogP) is 2.60. The van der Waals surface area contributed by atoms with Crippen LogP contribution < -0.4 is 4.74 Å². The summed E-state index contributed by atoms with van der Waals surface area (Å²) in [6.45, 7) is -0.740. The molecule has 0 unspecified atom stereocenters. The van der Waals surface area contributed by atoms with Crippen molar-refractivity contribution in [3.8, 4) is 5.75 Å². The molecule has 0 aliphatic rings. The van der Waals surface area contributed by atoms with Crippen molar-refractivity contribution in [2.75, 3.05) is 7.05 Å². The van der Waals surface area contributed by atoms with E-state index in [-0.39, 0.29) is 17.2 Å². The summed E-state index contributed by atoms with van der Waals surface area (Å²) in [4.78, 5) is 13.9. The van der Waals surface area contributed by atoms with Crippen molar-refractivity contribution in [3.63, 3.8) is 0 Å². The van der Waals surface area contributed by atoms with Gasteiger partial charge in [0.05, 0.1) is 11.8 Å². The van der Waals surface area contributed by atoms with Crippen LogP contribution in [0.2, 0.25) is 0 Å². The average Bonchev–Trinajstić information content (AvgIpc) is 2.78. The number of aromatic nitrogens is 2. The molecule has 5 nitrogen and oxygen atoms in total. The second-order valence-corrected chi connectivity index (χ2v) is 4.91. The van der Waals surface area contributed by atoms with Crippen molar-refractivity contribution in [3.05, 3.63) is 47.3 Å². The van der Waals surface area contributed by atoms with Crippen LogP contribution in [-0.4, -0.2) is 34.2 Å². The maximum absolute atomic E-state index is 12.4. The van der Waals surface area contributed by atoms with Crippen molar-refractivity contribution in [1.82, 2.24) is 14.7 Å². The minimum atomic E-state index is -2.97. The average molecular weight is 309 g/mol. The first kappa shape index (κ1) is 15.9. The fraction of sp³-hybridized carbons (Fsp3) is 0.333. The standard InChI is InChI=1S/C15H17F2N3O2/c1-10-11(8-18-20(10)3)9-19(2)14(21)12-6-4-5-7-13(12)22-15(16)17/h4-8,15H,9H2,1-3H3. The molecule has 2 aromatic rings. The number of aryl methyl sites for hydroxylation is 1. The van der Waals surface area contributed by atoms with E-state index in [4.69, 9.17) is 0 Å². The van der Waals surface area contributed by atoms with E-state index in [2.05, 4.69) is 9.84 Å². The van der Waals surface area contributed by atoms with E-state index in [1.54, 1.807) is 30.1 Å². The fourth-order valence-corrected chi connectivity index (χ4v) is 2.07. The number of carbonyl (C=O) groups is 1. The highest BCUT2D eigenvalue weighted by molar-refractivity contribution is 5.96. The number of rotatable bonds is 5. The molecule has 0 bridgehead atoms. The van der Waals surface area contributed by atoms with E-state index in [0.29, 0.717) is 6.54 Å². The lowest BCUT2D eigenvalue weighted by Crippen LogP contribution is -2.27. The molecule has 1 amide bonds. The third kappa shape index (κ3) is 3.41. The molecule has 1 aromatic heterocycles. The maximum Gasteiger partial charge on any atom is 0.387 e. The molecule has 0 radical (unpaired) electrons. The molecule has 0 spiro atoms. The van der Waals surface area contributed by atoms with E-state index in [9.17, 15) is 13.6 Å². The highest BCUT2D eigenvalue weighted by Crippen LogP contribution is 2.22. The lowest BCUT2D eigenvalue weighted by molar-refractivity contribution is -0.0502. The topological polar surface area (TPSA) is 47.4 Å². The number of para-hydroxylation sites is 1. The minimum Gasteiger partial charge on any atom is -0.434 e. The van der Waals surface area contributed by atoms with Gasteiger partial charge in [0.15, 0.2) is 0 Å². The largest absolute Gasteiger partial charge is 0.434 e. The Hall–Kier alpha value is -2.44. The van der Waals surface area contributed by atoms with Gasteiger partial charge in [-0.05, 0) is 19.1 Å². The third-order valence-electron chi connectivity index (χ3n) is 3.42. The van der Waals surface area contributed by atoms with Crippen molar-refractivity contribution in [2.24, 2.45) is 7.05 Å². The Morgan fingerprint density at radius 2 is 2.09 bits per heavy atom. The van der Waals surface area contributed by atoms with E-state index in [1.165, 1.54) is 17.0 Å². The smallest absolute Gasteiger partial charge is 0.387 e. The molecule has 1 heterocycles. The Labute approximate surface area is 127 Å². The Morgan fingerprint density at radius 3 is 2.68 bits per heavy atom. The first-order chi connectivity index (χ1) is 10.4. The first-order valence-electron chi connectivity index (χ1n) is 6.67. The van der Waals surface area contributed by atoms with Gasteiger partial charge in [0.2, 0.25) is 0 Å². The summed E-state index contributed by atoms with van der Waals surface area (Å²) in [6, 6.07) is 5.96. The van der Waals surface area contributed by atoms with Crippen LogP contribution in [0.25, 0.3) is 0 Å². The van der Waals surface area contributed by atoms with Gasteiger partial charge in [-0.15, -0.1) is 0 Å². The van der Waals surface area contributed by atoms with Crippen molar-refractivity contribution in [2.45, 2.75) is 20.1 Å². The number of halogens is 2. The number of alkyl halides is 2. The van der Waals surface area contributed by atoms with Gasteiger partial charge in [-0.1, -0.05) is 12.1 Å². The molecule has 0 saturated carbocycles. The lowest BCUT2D eigenvalue weighted by atomic mass is 10.1. The van der Waals surface area contributed by atoms with Gasteiger partial charge < -0.3 is 9.64 Å². The number of carbonyl (C=O) groups excluding carboxylic acids is 1. The Balaban J connectivity index is 2.19. The van der Waals surface area contributed by atoms with E-state index < -0.39 is 6.61 Å². The maximum atomic E-state index is 12.4. The van der Waals surface area contributed by atoms with Gasteiger partial charge in [-0.25, -0.2) is 0 Å². The van der Waals surface area contributed by atoms with Gasteiger partial charge in [-0.3, -0.25) is 9.48 Å². The van der Waals surface area contributed by atoms with Crippen molar-refractivity contribution in [1.29, 1.82) is 0 Å². The van der Waals surface area contributed by atoms with Crippen LogP contribution in [0, 0.1) is 6.92 Å². The summed E-state index contributed by atoms with van der Waals surface area (Å²) >= 11 is 0. The zero-order chi connectivity index (χ0) is 16.3. The molecular formula is C15H17F2N3O2. The molecule has 0 aliphatic heterocycles. The highest BCUT2D eigenvalue weighted by atomic mass is 19.3. The van der Waals surface area contributed by atoms with E-state index in [0.717, 1.165) is 11.3 Å². The molecule has 22 heavy (non-hydrogen) atoms. The second-order valence-electron chi connectivity index (χ2n) is 4.91. The van der Waals surface area contributed by atoms with Gasteiger partial charge >= 0.3 is 6.61 Å². The summed E-state index contributed by atoms with van der Waals surface area (Å²) in [5, 5.41) is 4.11. The van der Waals surface area contributed by atoms with E-state index in [1.807, 2.05) is 14.0 Å². The molecule has 0 N–H and O–H groups in total. The molecule has 118 valence electrons. The molecule has 0 aliphatic carbocycles. The monoisotopic (exact) mass is 309 g/mol. The number of nitrogens with zero attached hydrogens (tertiary/aromatic N) is 3. The van der Waals surface area contributed by atoms with Crippen LogP contribution in [0.3, 0.4) is 0 Å². The fourth-order valence-electron chi connectivity index (χ4n) is 2.07. The molecule has 0 atom stereocenters. The lowest BCUT2D eigenvalue weighted by Gasteiger charge is -2.19. The van der Waals surface area contributed by atoms with Gasteiger partial charge in [-0.2, -0.15) is 13.9 Å². The molecule has 7 heteroatoms. The third-order valence-corrected chi connectivity index (χ3v) is 3.42. The Bertz CT molecular complexity index is 671. The van der Waals surface area contributed by atoms with Crippen LogP contribution >= 0.6 is 0 Å². The molecular weight excluding hydrogens is 292 g/mol. The second kappa shape index (κ2) is 6.55. The van der Waals surface area contributed by atoms with Crippen LogP contribution in [-0.2, 0) is 13.6 Å². The molecule has 0 fully saturated rings. The summed E-state index contributed by atoms with van der Waals surface area (Å²) in [6.07, 6.45) is 1.68. The number of hydrogen-bond donors (Lipinski definition) is 0.